The molecule has 114 valence electrons. The van der Waals surface area contributed by atoms with E-state index in [1.54, 1.807) is 19.4 Å². The number of fused-ring (bicyclic) bond motifs is 1. The third kappa shape index (κ3) is 3.83. The molecule has 0 radical (unpaired) electrons. The minimum atomic E-state index is -0.715. The zero-order chi connectivity index (χ0) is 15.4. The molecule has 5 nitrogen and oxygen atoms in total. The van der Waals surface area contributed by atoms with Crippen molar-refractivity contribution in [3.05, 3.63) is 40.8 Å². The topological polar surface area (TPSA) is 60.7 Å². The monoisotopic (exact) mass is 291 g/mol. The van der Waals surface area contributed by atoms with Gasteiger partial charge in [0.05, 0.1) is 37.9 Å². The molecule has 0 aliphatic heterocycles. The van der Waals surface area contributed by atoms with Crippen LogP contribution in [0.15, 0.2) is 35.3 Å². The lowest BCUT2D eigenvalue weighted by Crippen LogP contribution is -2.29. The number of aliphatic hydroxyl groups is 1. The fourth-order valence-corrected chi connectivity index (χ4v) is 2.11. The van der Waals surface area contributed by atoms with E-state index in [-0.39, 0.29) is 24.8 Å². The molecule has 0 spiro atoms. The van der Waals surface area contributed by atoms with Crippen molar-refractivity contribution >= 4 is 10.8 Å². The van der Waals surface area contributed by atoms with Crippen LogP contribution < -0.4 is 10.3 Å². The molecule has 1 aromatic carbocycles. The second-order valence-corrected chi connectivity index (χ2v) is 5.26. The van der Waals surface area contributed by atoms with Gasteiger partial charge in [0.2, 0.25) is 0 Å². The van der Waals surface area contributed by atoms with Gasteiger partial charge in [-0.1, -0.05) is 6.07 Å². The molecule has 0 saturated carbocycles. The van der Waals surface area contributed by atoms with Gasteiger partial charge in [0.1, 0.15) is 5.75 Å². The van der Waals surface area contributed by atoms with Crippen molar-refractivity contribution in [1.29, 1.82) is 0 Å². The average molecular weight is 291 g/mol. The van der Waals surface area contributed by atoms with E-state index >= 15 is 0 Å². The van der Waals surface area contributed by atoms with Gasteiger partial charge in [-0.05, 0) is 37.4 Å². The normalized spacial score (nSPS) is 12.8. The van der Waals surface area contributed by atoms with Crippen LogP contribution in [-0.4, -0.2) is 35.6 Å². The molecule has 21 heavy (non-hydrogen) atoms. The summed E-state index contributed by atoms with van der Waals surface area (Å²) in [5.41, 5.74) is -0.144. The first-order valence-corrected chi connectivity index (χ1v) is 6.98. The number of pyridine rings is 1. The molecule has 1 heterocycles. The molecule has 2 aromatic rings. The van der Waals surface area contributed by atoms with Crippen LogP contribution in [0, 0.1) is 0 Å². The van der Waals surface area contributed by atoms with E-state index in [2.05, 4.69) is 0 Å². The summed E-state index contributed by atoms with van der Waals surface area (Å²) in [5.74, 6) is 0.640. The number of hydrogen-bond acceptors (Lipinski definition) is 4. The van der Waals surface area contributed by atoms with Gasteiger partial charge < -0.3 is 19.1 Å². The number of aliphatic hydroxyl groups excluding tert-OH is 1. The van der Waals surface area contributed by atoms with E-state index in [1.807, 2.05) is 32.0 Å². The fraction of sp³-hybridized carbons (Fsp3) is 0.438. The molecule has 1 N–H and O–H groups in total. The maximum Gasteiger partial charge on any atom is 0.258 e. The van der Waals surface area contributed by atoms with Crippen molar-refractivity contribution in [1.82, 2.24) is 4.57 Å². The van der Waals surface area contributed by atoms with Crippen LogP contribution in [0.25, 0.3) is 10.8 Å². The van der Waals surface area contributed by atoms with Gasteiger partial charge in [0, 0.05) is 6.20 Å². The predicted octanol–water partition coefficient (Wildman–Crippen LogP) is 1.80. The van der Waals surface area contributed by atoms with Crippen LogP contribution >= 0.6 is 0 Å². The smallest absolute Gasteiger partial charge is 0.258 e. The Hall–Kier alpha value is -1.85. The van der Waals surface area contributed by atoms with E-state index in [9.17, 15) is 9.90 Å². The molecule has 0 saturated heterocycles. The Morgan fingerprint density at radius 2 is 2.05 bits per heavy atom. The molecule has 0 fully saturated rings. The minimum Gasteiger partial charge on any atom is -0.497 e. The Bertz CT molecular complexity index is 663. The molecule has 1 atom stereocenters. The third-order valence-electron chi connectivity index (χ3n) is 3.22. The van der Waals surface area contributed by atoms with Gasteiger partial charge in [0.15, 0.2) is 0 Å². The van der Waals surface area contributed by atoms with Crippen molar-refractivity contribution < 1.29 is 14.6 Å². The first-order valence-electron chi connectivity index (χ1n) is 6.98. The van der Waals surface area contributed by atoms with Crippen LogP contribution in [0.5, 0.6) is 5.75 Å². The summed E-state index contributed by atoms with van der Waals surface area (Å²) in [6, 6.07) is 7.23. The summed E-state index contributed by atoms with van der Waals surface area (Å²) < 4.78 is 12.0. The summed E-state index contributed by atoms with van der Waals surface area (Å²) in [6.07, 6.45) is 1.03. The number of benzene rings is 1. The van der Waals surface area contributed by atoms with Gasteiger partial charge in [-0.25, -0.2) is 0 Å². The lowest BCUT2D eigenvalue weighted by Gasteiger charge is -2.15. The van der Waals surface area contributed by atoms with E-state index in [1.165, 1.54) is 4.57 Å². The summed E-state index contributed by atoms with van der Waals surface area (Å²) in [6.45, 7) is 4.22. The summed E-state index contributed by atoms with van der Waals surface area (Å²) >= 11 is 0. The van der Waals surface area contributed by atoms with E-state index in [0.717, 1.165) is 5.39 Å². The van der Waals surface area contributed by atoms with Gasteiger partial charge in [-0.15, -0.1) is 0 Å². The van der Waals surface area contributed by atoms with Gasteiger partial charge in [-0.3, -0.25) is 4.79 Å². The number of rotatable bonds is 6. The second-order valence-electron chi connectivity index (χ2n) is 5.26. The number of methoxy groups -OCH3 is 1. The van der Waals surface area contributed by atoms with Crippen molar-refractivity contribution in [2.24, 2.45) is 0 Å². The Morgan fingerprint density at radius 1 is 1.29 bits per heavy atom. The Kier molecular flexibility index (Phi) is 4.98. The molecular formula is C16H21NO4. The van der Waals surface area contributed by atoms with E-state index < -0.39 is 6.10 Å². The van der Waals surface area contributed by atoms with Crippen molar-refractivity contribution in [3.63, 3.8) is 0 Å². The van der Waals surface area contributed by atoms with Gasteiger partial charge in [-0.2, -0.15) is 0 Å². The maximum atomic E-state index is 12.4. The number of aromatic nitrogens is 1. The number of hydrogen-bond donors (Lipinski definition) is 1. The lowest BCUT2D eigenvalue weighted by atomic mass is 10.1. The zero-order valence-electron chi connectivity index (χ0n) is 12.6. The Balaban J connectivity index is 2.24. The SMILES string of the molecule is COc1ccc2ccn(CC(O)COC(C)C)c(=O)c2c1. The van der Waals surface area contributed by atoms with E-state index in [4.69, 9.17) is 9.47 Å². The van der Waals surface area contributed by atoms with Crippen molar-refractivity contribution in [2.75, 3.05) is 13.7 Å². The molecule has 0 bridgehead atoms. The third-order valence-corrected chi connectivity index (χ3v) is 3.22. The maximum absolute atomic E-state index is 12.4. The van der Waals surface area contributed by atoms with Crippen molar-refractivity contribution in [3.8, 4) is 5.75 Å². The Morgan fingerprint density at radius 3 is 2.71 bits per heavy atom. The summed E-state index contributed by atoms with van der Waals surface area (Å²) in [7, 11) is 1.57. The molecule has 1 aromatic heterocycles. The van der Waals surface area contributed by atoms with Crippen molar-refractivity contribution in [2.45, 2.75) is 32.6 Å². The summed E-state index contributed by atoms with van der Waals surface area (Å²) in [4.78, 5) is 12.4. The minimum absolute atomic E-state index is 0.0530. The Labute approximate surface area is 123 Å². The molecule has 1 unspecified atom stereocenters. The molecular weight excluding hydrogens is 270 g/mol. The standard InChI is InChI=1S/C16H21NO4/c1-11(2)21-10-13(18)9-17-7-6-12-4-5-14(20-3)8-15(12)16(17)19/h4-8,11,13,18H,9-10H2,1-3H3. The van der Waals surface area contributed by atoms with Gasteiger partial charge in [0.25, 0.3) is 5.56 Å². The van der Waals surface area contributed by atoms with Crippen LogP contribution in [0.2, 0.25) is 0 Å². The van der Waals surface area contributed by atoms with Crippen LogP contribution in [0.4, 0.5) is 0 Å². The quantitative estimate of drug-likeness (QED) is 0.881. The van der Waals surface area contributed by atoms with Crippen LogP contribution in [0.3, 0.4) is 0 Å². The molecule has 0 aliphatic rings. The molecule has 2 rings (SSSR count). The first-order chi connectivity index (χ1) is 10.0. The molecule has 5 heteroatoms. The van der Waals surface area contributed by atoms with Gasteiger partial charge >= 0.3 is 0 Å². The highest BCUT2D eigenvalue weighted by atomic mass is 16.5. The highest BCUT2D eigenvalue weighted by Gasteiger charge is 2.10. The number of nitrogens with zero attached hydrogens (tertiary/aromatic N) is 1. The second kappa shape index (κ2) is 6.74. The predicted molar refractivity (Wildman–Crippen MR) is 81.9 cm³/mol. The summed E-state index contributed by atoms with van der Waals surface area (Å²) in [5, 5.41) is 11.4. The van der Waals surface area contributed by atoms with E-state index in [0.29, 0.717) is 11.1 Å². The van der Waals surface area contributed by atoms with Crippen LogP contribution in [-0.2, 0) is 11.3 Å². The molecule has 0 aliphatic carbocycles. The van der Waals surface area contributed by atoms with Crippen LogP contribution in [0.1, 0.15) is 13.8 Å². The zero-order valence-corrected chi connectivity index (χ0v) is 12.6. The highest BCUT2D eigenvalue weighted by Crippen LogP contribution is 2.17. The first kappa shape index (κ1) is 15.5. The number of ether oxygens (including phenoxy) is 2. The molecule has 0 amide bonds. The average Bonchev–Trinajstić information content (AvgIpc) is 2.48. The fourth-order valence-electron chi connectivity index (χ4n) is 2.11. The lowest BCUT2D eigenvalue weighted by molar-refractivity contribution is -0.00101. The largest absolute Gasteiger partial charge is 0.497 e. The highest BCUT2D eigenvalue weighted by molar-refractivity contribution is 5.82.